The molecule has 0 spiro atoms. The van der Waals surface area contributed by atoms with Gasteiger partial charge in [0.1, 0.15) is 0 Å². The third kappa shape index (κ3) is 11.1. The number of aliphatic hydroxyl groups excluding tert-OH is 1. The summed E-state index contributed by atoms with van der Waals surface area (Å²) in [5.41, 5.74) is 0. The third-order valence-corrected chi connectivity index (χ3v) is 4.42. The predicted octanol–water partition coefficient (Wildman–Crippen LogP) is 4.63. The van der Waals surface area contributed by atoms with Crippen LogP contribution < -0.4 is 0 Å². The predicted molar refractivity (Wildman–Crippen MR) is 94.9 cm³/mol. The van der Waals surface area contributed by atoms with Gasteiger partial charge in [-0.2, -0.15) is 0 Å². The van der Waals surface area contributed by atoms with Crippen LogP contribution in [0.15, 0.2) is 0 Å². The molecule has 1 unspecified atom stereocenters. The van der Waals surface area contributed by atoms with Crippen molar-refractivity contribution in [1.82, 2.24) is 4.90 Å². The number of rotatable bonds is 14. The number of aliphatic hydroxyl groups is 1. The lowest BCUT2D eigenvalue weighted by Crippen LogP contribution is -2.37. The molecule has 0 aromatic carbocycles. The molecule has 1 amide bonds. The summed E-state index contributed by atoms with van der Waals surface area (Å²) in [6.45, 7) is 10.3. The summed E-state index contributed by atoms with van der Waals surface area (Å²) in [5, 5.41) is 9.22. The summed E-state index contributed by atoms with van der Waals surface area (Å²) in [5.74, 6) is 1.57. The highest BCUT2D eigenvalue weighted by Crippen LogP contribution is 2.16. The van der Waals surface area contributed by atoms with E-state index in [1.807, 2.05) is 4.90 Å². The smallest absolute Gasteiger partial charge is 0.222 e. The molecule has 0 aromatic rings. The quantitative estimate of drug-likeness (QED) is 0.475. The van der Waals surface area contributed by atoms with Gasteiger partial charge in [0.15, 0.2) is 0 Å². The first-order chi connectivity index (χ1) is 10.5. The zero-order valence-corrected chi connectivity index (χ0v) is 15.4. The summed E-state index contributed by atoms with van der Waals surface area (Å²) >= 11 is 0. The Balaban J connectivity index is 4.14. The molecule has 0 saturated carbocycles. The molecule has 0 radical (unpaired) electrons. The average Bonchev–Trinajstić information content (AvgIpc) is 2.49. The largest absolute Gasteiger partial charge is 0.395 e. The first-order valence-corrected chi connectivity index (χ1v) is 9.43. The molecule has 0 aliphatic rings. The summed E-state index contributed by atoms with van der Waals surface area (Å²) in [4.78, 5) is 14.3. The van der Waals surface area contributed by atoms with Gasteiger partial charge in [0, 0.05) is 19.5 Å². The summed E-state index contributed by atoms with van der Waals surface area (Å²) in [6.07, 6.45) is 9.99. The van der Waals surface area contributed by atoms with Crippen molar-refractivity contribution in [2.75, 3.05) is 19.7 Å². The van der Waals surface area contributed by atoms with E-state index in [1.54, 1.807) is 0 Å². The maximum atomic E-state index is 12.4. The van der Waals surface area contributed by atoms with Gasteiger partial charge >= 0.3 is 0 Å². The van der Waals surface area contributed by atoms with Gasteiger partial charge in [-0.3, -0.25) is 4.79 Å². The molecule has 1 atom stereocenters. The van der Waals surface area contributed by atoms with Crippen LogP contribution in [0.25, 0.3) is 0 Å². The second kappa shape index (κ2) is 14.0. The van der Waals surface area contributed by atoms with Crippen LogP contribution in [-0.4, -0.2) is 35.6 Å². The Morgan fingerprint density at radius 3 is 2.32 bits per heavy atom. The Morgan fingerprint density at radius 2 is 1.77 bits per heavy atom. The van der Waals surface area contributed by atoms with Gasteiger partial charge in [-0.25, -0.2) is 0 Å². The van der Waals surface area contributed by atoms with Crippen molar-refractivity contribution in [3.05, 3.63) is 0 Å². The third-order valence-electron chi connectivity index (χ3n) is 4.42. The van der Waals surface area contributed by atoms with E-state index in [1.165, 1.54) is 32.1 Å². The number of hydrogen-bond acceptors (Lipinski definition) is 2. The van der Waals surface area contributed by atoms with E-state index in [4.69, 9.17) is 0 Å². The van der Waals surface area contributed by atoms with Gasteiger partial charge in [-0.05, 0) is 24.7 Å². The van der Waals surface area contributed by atoms with Crippen molar-refractivity contribution < 1.29 is 9.90 Å². The van der Waals surface area contributed by atoms with Gasteiger partial charge in [0.25, 0.3) is 0 Å². The lowest BCUT2D eigenvalue weighted by Gasteiger charge is -2.27. The highest BCUT2D eigenvalue weighted by atomic mass is 16.3. The maximum Gasteiger partial charge on any atom is 0.222 e. The van der Waals surface area contributed by atoms with Crippen LogP contribution in [0, 0.1) is 11.8 Å². The highest BCUT2D eigenvalue weighted by molar-refractivity contribution is 5.76. The molecular weight excluding hydrogens is 274 g/mol. The van der Waals surface area contributed by atoms with E-state index in [9.17, 15) is 9.90 Å². The molecule has 3 nitrogen and oxygen atoms in total. The lowest BCUT2D eigenvalue weighted by atomic mass is 9.98. The van der Waals surface area contributed by atoms with Crippen LogP contribution in [-0.2, 0) is 4.79 Å². The molecule has 0 fully saturated rings. The second-order valence-corrected chi connectivity index (χ2v) is 6.97. The Labute approximate surface area is 138 Å². The molecule has 0 heterocycles. The number of amides is 1. The molecule has 0 bridgehead atoms. The van der Waals surface area contributed by atoms with Gasteiger partial charge in [0.2, 0.25) is 5.91 Å². The number of carbonyl (C=O) groups excluding carboxylic acids is 1. The van der Waals surface area contributed by atoms with E-state index in [-0.39, 0.29) is 12.5 Å². The molecule has 1 N–H and O–H groups in total. The fourth-order valence-corrected chi connectivity index (χ4v) is 2.83. The maximum absolute atomic E-state index is 12.4. The summed E-state index contributed by atoms with van der Waals surface area (Å²) in [7, 11) is 0. The number of carbonyl (C=O) groups is 1. The van der Waals surface area contributed by atoms with Crippen molar-refractivity contribution in [1.29, 1.82) is 0 Å². The molecule has 0 rings (SSSR count). The minimum Gasteiger partial charge on any atom is -0.395 e. The highest BCUT2D eigenvalue weighted by Gasteiger charge is 2.17. The topological polar surface area (TPSA) is 40.5 Å². The van der Waals surface area contributed by atoms with Crippen LogP contribution in [0.2, 0.25) is 0 Å². The molecular formula is C19H39NO2. The van der Waals surface area contributed by atoms with Crippen LogP contribution >= 0.6 is 0 Å². The van der Waals surface area contributed by atoms with E-state index in [0.29, 0.717) is 18.9 Å². The van der Waals surface area contributed by atoms with Crippen LogP contribution in [0.4, 0.5) is 0 Å². The Morgan fingerprint density at radius 1 is 1.05 bits per heavy atom. The SMILES string of the molecule is CCCCC(CC)CN(CCO)C(=O)CCCCCC(C)C. The van der Waals surface area contributed by atoms with Crippen LogP contribution in [0.3, 0.4) is 0 Å². The average molecular weight is 314 g/mol. The fourth-order valence-electron chi connectivity index (χ4n) is 2.83. The minimum atomic E-state index is 0.0727. The van der Waals surface area contributed by atoms with Crippen LogP contribution in [0.1, 0.15) is 85.5 Å². The van der Waals surface area contributed by atoms with Crippen molar-refractivity contribution in [3.8, 4) is 0 Å². The van der Waals surface area contributed by atoms with Crippen molar-refractivity contribution in [3.63, 3.8) is 0 Å². The van der Waals surface area contributed by atoms with Crippen molar-refractivity contribution in [2.24, 2.45) is 11.8 Å². The zero-order valence-electron chi connectivity index (χ0n) is 15.4. The normalized spacial score (nSPS) is 12.6. The molecule has 0 aliphatic heterocycles. The zero-order chi connectivity index (χ0) is 16.8. The van der Waals surface area contributed by atoms with Crippen molar-refractivity contribution in [2.45, 2.75) is 85.5 Å². The summed E-state index contributed by atoms with van der Waals surface area (Å²) < 4.78 is 0. The molecule has 0 aliphatic carbocycles. The monoisotopic (exact) mass is 313 g/mol. The Kier molecular flexibility index (Phi) is 13.7. The molecule has 3 heteroatoms. The first kappa shape index (κ1) is 21.4. The fraction of sp³-hybridized carbons (Fsp3) is 0.947. The van der Waals surface area contributed by atoms with Gasteiger partial charge in [0.05, 0.1) is 6.61 Å². The van der Waals surface area contributed by atoms with E-state index >= 15 is 0 Å². The van der Waals surface area contributed by atoms with Gasteiger partial charge in [-0.1, -0.05) is 66.2 Å². The molecule has 0 saturated heterocycles. The Hall–Kier alpha value is -0.570. The van der Waals surface area contributed by atoms with Gasteiger partial charge < -0.3 is 10.0 Å². The van der Waals surface area contributed by atoms with E-state index in [0.717, 1.165) is 31.7 Å². The molecule has 132 valence electrons. The molecule has 0 aromatic heterocycles. The molecule has 22 heavy (non-hydrogen) atoms. The number of hydrogen-bond donors (Lipinski definition) is 1. The Bertz CT molecular complexity index is 266. The number of nitrogens with zero attached hydrogens (tertiary/aromatic N) is 1. The van der Waals surface area contributed by atoms with E-state index in [2.05, 4.69) is 27.7 Å². The minimum absolute atomic E-state index is 0.0727. The summed E-state index contributed by atoms with van der Waals surface area (Å²) in [6, 6.07) is 0. The van der Waals surface area contributed by atoms with Crippen molar-refractivity contribution >= 4 is 5.91 Å². The van der Waals surface area contributed by atoms with E-state index < -0.39 is 0 Å². The lowest BCUT2D eigenvalue weighted by molar-refractivity contribution is -0.132. The number of unbranched alkanes of at least 4 members (excludes halogenated alkanes) is 3. The standard InChI is InChI=1S/C19H39NO2/c1-5-7-12-18(6-2)16-20(14-15-21)19(22)13-10-8-9-11-17(3)4/h17-18,21H,5-16H2,1-4H3. The first-order valence-electron chi connectivity index (χ1n) is 9.43. The van der Waals surface area contributed by atoms with Gasteiger partial charge in [-0.15, -0.1) is 0 Å². The van der Waals surface area contributed by atoms with Crippen LogP contribution in [0.5, 0.6) is 0 Å². The second-order valence-electron chi connectivity index (χ2n) is 6.97.